The van der Waals surface area contributed by atoms with Crippen molar-refractivity contribution in [1.29, 1.82) is 0 Å². The lowest BCUT2D eigenvalue weighted by Crippen LogP contribution is -2.41. The Kier molecular flexibility index (Phi) is 7.47. The lowest BCUT2D eigenvalue weighted by Gasteiger charge is -2.31. The van der Waals surface area contributed by atoms with Crippen molar-refractivity contribution in [3.63, 3.8) is 0 Å². The van der Waals surface area contributed by atoms with E-state index in [9.17, 15) is 13.2 Å². The highest BCUT2D eigenvalue weighted by atomic mass is 32.2. The lowest BCUT2D eigenvalue weighted by atomic mass is 10.1. The molecular weight excluding hydrogens is 418 g/mol. The number of morpholine rings is 2. The van der Waals surface area contributed by atoms with Gasteiger partial charge in [-0.2, -0.15) is 4.31 Å². The molecule has 1 N–H and O–H groups in total. The summed E-state index contributed by atoms with van der Waals surface area (Å²) < 4.78 is 38.6. The van der Waals surface area contributed by atoms with Crippen LogP contribution < -0.4 is 10.2 Å². The number of nitrogens with zero attached hydrogens (tertiary/aromatic N) is 2. The molecule has 1 saturated carbocycles. The van der Waals surface area contributed by atoms with Gasteiger partial charge in [-0.05, 0) is 31.0 Å². The van der Waals surface area contributed by atoms with E-state index >= 15 is 0 Å². The molecule has 2 saturated heterocycles. The van der Waals surface area contributed by atoms with Gasteiger partial charge in [-0.25, -0.2) is 8.42 Å². The summed E-state index contributed by atoms with van der Waals surface area (Å²) in [6, 6.07) is 5.10. The molecule has 0 atom stereocenters. The van der Waals surface area contributed by atoms with E-state index in [2.05, 4.69) is 10.2 Å². The molecule has 0 aromatic heterocycles. The number of carbonyl (C=O) groups is 1. The van der Waals surface area contributed by atoms with Crippen LogP contribution >= 0.6 is 0 Å². The second-order valence-electron chi connectivity index (χ2n) is 8.46. The number of hydrogen-bond acceptors (Lipinski definition) is 6. The minimum Gasteiger partial charge on any atom is -0.379 e. The third-order valence-electron chi connectivity index (χ3n) is 6.36. The average Bonchev–Trinajstić information content (AvgIpc) is 3.08. The van der Waals surface area contributed by atoms with Crippen molar-refractivity contribution in [2.24, 2.45) is 0 Å². The Morgan fingerprint density at radius 1 is 0.903 bits per heavy atom. The maximum atomic E-state index is 13.3. The van der Waals surface area contributed by atoms with Gasteiger partial charge in [0.15, 0.2) is 0 Å². The summed E-state index contributed by atoms with van der Waals surface area (Å²) in [5.74, 6) is -0.188. The molecular formula is C22H33N3O5S. The van der Waals surface area contributed by atoms with Crippen LogP contribution in [0.15, 0.2) is 23.1 Å². The fraction of sp³-hybridized carbons (Fsp3) is 0.682. The Labute approximate surface area is 184 Å². The highest BCUT2D eigenvalue weighted by molar-refractivity contribution is 7.89. The van der Waals surface area contributed by atoms with Crippen LogP contribution in [-0.2, 0) is 19.5 Å². The van der Waals surface area contributed by atoms with Gasteiger partial charge < -0.3 is 19.7 Å². The molecule has 2 aliphatic heterocycles. The molecule has 0 bridgehead atoms. The predicted molar refractivity (Wildman–Crippen MR) is 118 cm³/mol. The fourth-order valence-electron chi connectivity index (χ4n) is 4.56. The third kappa shape index (κ3) is 5.39. The topological polar surface area (TPSA) is 88.2 Å². The molecule has 4 rings (SSSR count). The molecule has 1 aliphatic carbocycles. The SMILES string of the molecule is O=C(NC1CCCCCC1)c1cc(S(=O)(=O)N2CCOCC2)ccc1N1CCOCC1. The second kappa shape index (κ2) is 10.3. The van der Waals surface area contributed by atoms with E-state index in [0.717, 1.165) is 31.4 Å². The largest absolute Gasteiger partial charge is 0.379 e. The third-order valence-corrected chi connectivity index (χ3v) is 8.26. The molecule has 2 heterocycles. The van der Waals surface area contributed by atoms with E-state index in [1.807, 2.05) is 0 Å². The first kappa shape index (κ1) is 22.5. The standard InChI is InChI=1S/C22H33N3O5S/c26-22(23-18-5-3-1-2-4-6-18)20-17-19(31(27,28)25-11-15-30-16-12-25)7-8-21(20)24-9-13-29-14-10-24/h7-8,17-18H,1-6,9-16H2,(H,23,26). The quantitative estimate of drug-likeness (QED) is 0.689. The van der Waals surface area contributed by atoms with Crippen LogP contribution in [0.5, 0.6) is 0 Å². The first-order valence-corrected chi connectivity index (χ1v) is 12.9. The van der Waals surface area contributed by atoms with Crippen LogP contribution in [0.1, 0.15) is 48.9 Å². The minimum absolute atomic E-state index is 0.145. The van der Waals surface area contributed by atoms with Gasteiger partial charge in [-0.15, -0.1) is 0 Å². The number of hydrogen-bond donors (Lipinski definition) is 1. The number of ether oxygens (including phenoxy) is 2. The summed E-state index contributed by atoms with van der Waals surface area (Å²) in [7, 11) is -3.67. The number of benzene rings is 1. The monoisotopic (exact) mass is 451 g/mol. The predicted octanol–water partition coefficient (Wildman–Crippen LogP) is 2.00. The van der Waals surface area contributed by atoms with Gasteiger partial charge in [-0.1, -0.05) is 25.7 Å². The summed E-state index contributed by atoms with van der Waals surface area (Å²) in [6.45, 7) is 3.99. The summed E-state index contributed by atoms with van der Waals surface area (Å²) >= 11 is 0. The number of rotatable bonds is 5. The van der Waals surface area contributed by atoms with Crippen LogP contribution in [0.25, 0.3) is 0 Å². The Morgan fingerprint density at radius 3 is 2.16 bits per heavy atom. The second-order valence-corrected chi connectivity index (χ2v) is 10.4. The summed E-state index contributed by atoms with van der Waals surface area (Å²) in [5.41, 5.74) is 1.20. The Balaban J connectivity index is 1.63. The highest BCUT2D eigenvalue weighted by Crippen LogP contribution is 2.28. The Bertz CT molecular complexity index is 856. The van der Waals surface area contributed by atoms with Crippen LogP contribution in [0, 0.1) is 0 Å². The van der Waals surface area contributed by atoms with Gasteiger partial charge >= 0.3 is 0 Å². The van der Waals surface area contributed by atoms with Gasteiger partial charge in [0.1, 0.15) is 0 Å². The first-order chi connectivity index (χ1) is 15.1. The van der Waals surface area contributed by atoms with Gasteiger partial charge in [0, 0.05) is 37.9 Å². The summed E-state index contributed by atoms with van der Waals surface area (Å²) in [6.07, 6.45) is 6.60. The number of carbonyl (C=O) groups excluding carboxylic acids is 1. The van der Waals surface area contributed by atoms with E-state index in [1.165, 1.54) is 17.1 Å². The minimum atomic E-state index is -3.67. The number of anilines is 1. The zero-order chi connectivity index (χ0) is 21.7. The maximum Gasteiger partial charge on any atom is 0.253 e. The molecule has 1 amide bonds. The van der Waals surface area contributed by atoms with E-state index in [1.54, 1.807) is 18.2 Å². The molecule has 0 radical (unpaired) electrons. The summed E-state index contributed by atoms with van der Waals surface area (Å²) in [4.78, 5) is 15.6. The molecule has 3 aliphatic rings. The van der Waals surface area contributed by atoms with Crippen molar-refractivity contribution >= 4 is 21.6 Å². The summed E-state index contributed by atoms with van der Waals surface area (Å²) in [5, 5.41) is 3.19. The average molecular weight is 452 g/mol. The van der Waals surface area contributed by atoms with Crippen LogP contribution in [-0.4, -0.2) is 77.3 Å². The molecule has 1 aromatic carbocycles. The molecule has 8 nitrogen and oxygen atoms in total. The number of nitrogens with one attached hydrogen (secondary N) is 1. The van der Waals surface area contributed by atoms with Gasteiger partial charge in [-0.3, -0.25) is 4.79 Å². The van der Waals surface area contributed by atoms with E-state index in [0.29, 0.717) is 58.2 Å². The molecule has 0 unspecified atom stereocenters. The van der Waals surface area contributed by atoms with Crippen molar-refractivity contribution < 1.29 is 22.7 Å². The highest BCUT2D eigenvalue weighted by Gasteiger charge is 2.29. The first-order valence-electron chi connectivity index (χ1n) is 11.4. The van der Waals surface area contributed by atoms with Crippen molar-refractivity contribution in [3.05, 3.63) is 23.8 Å². The van der Waals surface area contributed by atoms with Crippen LogP contribution in [0.4, 0.5) is 5.69 Å². The number of amides is 1. The molecule has 31 heavy (non-hydrogen) atoms. The lowest BCUT2D eigenvalue weighted by molar-refractivity contribution is 0.0730. The van der Waals surface area contributed by atoms with E-state index < -0.39 is 10.0 Å². The molecule has 0 spiro atoms. The zero-order valence-corrected chi connectivity index (χ0v) is 18.9. The van der Waals surface area contributed by atoms with Crippen LogP contribution in [0.3, 0.4) is 0 Å². The Morgan fingerprint density at radius 2 is 1.52 bits per heavy atom. The van der Waals surface area contributed by atoms with Gasteiger partial charge in [0.25, 0.3) is 5.91 Å². The Hall–Kier alpha value is -1.68. The van der Waals surface area contributed by atoms with E-state index in [4.69, 9.17) is 9.47 Å². The van der Waals surface area contributed by atoms with Crippen molar-refractivity contribution in [2.75, 3.05) is 57.5 Å². The maximum absolute atomic E-state index is 13.3. The fourth-order valence-corrected chi connectivity index (χ4v) is 6.00. The van der Waals surface area contributed by atoms with Gasteiger partial charge in [0.2, 0.25) is 10.0 Å². The van der Waals surface area contributed by atoms with Crippen molar-refractivity contribution in [2.45, 2.75) is 49.5 Å². The smallest absolute Gasteiger partial charge is 0.253 e. The van der Waals surface area contributed by atoms with Crippen molar-refractivity contribution in [1.82, 2.24) is 9.62 Å². The van der Waals surface area contributed by atoms with E-state index in [-0.39, 0.29) is 16.8 Å². The van der Waals surface area contributed by atoms with Crippen molar-refractivity contribution in [3.8, 4) is 0 Å². The molecule has 1 aromatic rings. The number of sulfonamides is 1. The van der Waals surface area contributed by atoms with Crippen LogP contribution in [0.2, 0.25) is 0 Å². The molecule has 172 valence electrons. The normalized spacial score (nSPS) is 22.1. The zero-order valence-electron chi connectivity index (χ0n) is 18.1. The van der Waals surface area contributed by atoms with Gasteiger partial charge in [0.05, 0.1) is 36.9 Å². The molecule has 9 heteroatoms. The molecule has 3 fully saturated rings.